The van der Waals surface area contributed by atoms with Crippen molar-refractivity contribution in [2.24, 2.45) is 0 Å². The molecule has 2 aliphatic rings. The van der Waals surface area contributed by atoms with E-state index in [-0.39, 0.29) is 5.92 Å². The molecule has 0 spiro atoms. The van der Waals surface area contributed by atoms with Crippen molar-refractivity contribution in [3.05, 3.63) is 35.9 Å². The van der Waals surface area contributed by atoms with Gasteiger partial charge in [-0.2, -0.15) is 4.98 Å². The van der Waals surface area contributed by atoms with Gasteiger partial charge in [-0.1, -0.05) is 5.16 Å². The van der Waals surface area contributed by atoms with Crippen LogP contribution >= 0.6 is 0 Å². The monoisotopic (exact) mass is 344 g/mol. The lowest BCUT2D eigenvalue weighted by atomic mass is 10.2. The van der Waals surface area contributed by atoms with E-state index < -0.39 is 11.8 Å². The number of hydrogen-bond acceptors (Lipinski definition) is 6. The highest BCUT2D eigenvalue weighted by molar-refractivity contribution is 6.35. The van der Waals surface area contributed by atoms with Crippen molar-refractivity contribution < 1.29 is 18.5 Å². The third-order valence-corrected chi connectivity index (χ3v) is 4.88. The number of likely N-dealkylation sites (N-methyl/N-ethyl adjacent to an activating group) is 1. The smallest absolute Gasteiger partial charge is 0.312 e. The van der Waals surface area contributed by atoms with E-state index in [9.17, 15) is 9.59 Å². The number of rotatable bonds is 6. The molecular weight excluding hydrogens is 324 g/mol. The van der Waals surface area contributed by atoms with Gasteiger partial charge in [0.15, 0.2) is 5.82 Å². The molecule has 2 atom stereocenters. The van der Waals surface area contributed by atoms with Crippen LogP contribution in [0.5, 0.6) is 0 Å². The molecule has 0 bridgehead atoms. The fraction of sp³-hybridized carbons (Fsp3) is 0.529. The highest BCUT2D eigenvalue weighted by Crippen LogP contribution is 2.54. The first-order valence-electron chi connectivity index (χ1n) is 8.61. The van der Waals surface area contributed by atoms with Crippen LogP contribution in [0, 0.1) is 0 Å². The molecule has 4 rings (SSSR count). The summed E-state index contributed by atoms with van der Waals surface area (Å²) in [4.78, 5) is 31.5. The SMILES string of the molecule is CCN1CCN(CCc2noc([C@H]3C[C@H]3c3ccco3)n2)C(=O)C1=O. The van der Waals surface area contributed by atoms with E-state index in [1.165, 1.54) is 0 Å². The van der Waals surface area contributed by atoms with Gasteiger partial charge in [0, 0.05) is 44.4 Å². The number of nitrogens with zero attached hydrogens (tertiary/aromatic N) is 4. The van der Waals surface area contributed by atoms with Crippen molar-refractivity contribution in [1.82, 2.24) is 19.9 Å². The molecule has 0 radical (unpaired) electrons. The number of carbonyl (C=O) groups excluding carboxylic acids is 2. The minimum absolute atomic E-state index is 0.212. The van der Waals surface area contributed by atoms with Gasteiger partial charge in [0.2, 0.25) is 5.89 Å². The van der Waals surface area contributed by atoms with Crippen LogP contribution in [0.3, 0.4) is 0 Å². The highest BCUT2D eigenvalue weighted by Gasteiger charge is 2.45. The summed E-state index contributed by atoms with van der Waals surface area (Å²) in [6.07, 6.45) is 3.09. The predicted molar refractivity (Wildman–Crippen MR) is 85.6 cm³/mol. The summed E-state index contributed by atoms with van der Waals surface area (Å²) in [6.45, 7) is 3.98. The largest absolute Gasteiger partial charge is 0.469 e. The molecular formula is C17H20N4O4. The number of piperazine rings is 1. The minimum Gasteiger partial charge on any atom is -0.469 e. The van der Waals surface area contributed by atoms with E-state index in [4.69, 9.17) is 8.94 Å². The van der Waals surface area contributed by atoms with Gasteiger partial charge in [-0.25, -0.2) is 0 Å². The second kappa shape index (κ2) is 6.34. The zero-order valence-corrected chi connectivity index (χ0v) is 14.1. The fourth-order valence-corrected chi connectivity index (χ4v) is 3.27. The molecule has 1 aliphatic heterocycles. The van der Waals surface area contributed by atoms with Crippen LogP contribution in [0.1, 0.15) is 42.7 Å². The van der Waals surface area contributed by atoms with Crippen molar-refractivity contribution in [3.8, 4) is 0 Å². The van der Waals surface area contributed by atoms with Gasteiger partial charge in [-0.05, 0) is 25.5 Å². The molecule has 3 heterocycles. The molecule has 0 unspecified atom stereocenters. The first kappa shape index (κ1) is 15.9. The van der Waals surface area contributed by atoms with E-state index in [1.54, 1.807) is 16.1 Å². The second-order valence-electron chi connectivity index (χ2n) is 6.44. The summed E-state index contributed by atoms with van der Waals surface area (Å²) in [5.41, 5.74) is 0. The maximum absolute atomic E-state index is 12.1. The first-order valence-corrected chi connectivity index (χ1v) is 8.61. The third-order valence-electron chi connectivity index (χ3n) is 4.88. The number of aromatic nitrogens is 2. The predicted octanol–water partition coefficient (Wildman–Crippen LogP) is 1.17. The quantitative estimate of drug-likeness (QED) is 0.730. The van der Waals surface area contributed by atoms with Gasteiger partial charge in [-0.3, -0.25) is 9.59 Å². The number of hydrogen-bond donors (Lipinski definition) is 0. The number of carbonyl (C=O) groups is 2. The Kier molecular flexibility index (Phi) is 4.03. The minimum atomic E-state index is -0.447. The van der Waals surface area contributed by atoms with E-state index in [0.717, 1.165) is 12.2 Å². The Balaban J connectivity index is 1.32. The molecule has 0 N–H and O–H groups in total. The maximum Gasteiger partial charge on any atom is 0.312 e. The van der Waals surface area contributed by atoms with E-state index in [1.807, 2.05) is 19.1 Å². The van der Waals surface area contributed by atoms with Gasteiger partial charge in [-0.15, -0.1) is 0 Å². The van der Waals surface area contributed by atoms with Gasteiger partial charge in [0.05, 0.1) is 6.26 Å². The van der Waals surface area contributed by atoms with Gasteiger partial charge in [0.25, 0.3) is 0 Å². The topological polar surface area (TPSA) is 92.7 Å². The van der Waals surface area contributed by atoms with Crippen LogP contribution < -0.4 is 0 Å². The molecule has 1 saturated carbocycles. The Hall–Kier alpha value is -2.64. The van der Waals surface area contributed by atoms with Gasteiger partial charge < -0.3 is 18.7 Å². The highest BCUT2D eigenvalue weighted by atomic mass is 16.5. The van der Waals surface area contributed by atoms with Crippen molar-refractivity contribution >= 4 is 11.8 Å². The molecule has 25 heavy (non-hydrogen) atoms. The molecule has 8 heteroatoms. The summed E-state index contributed by atoms with van der Waals surface area (Å²) < 4.78 is 10.8. The lowest BCUT2D eigenvalue weighted by molar-refractivity contribution is -0.155. The molecule has 1 saturated heterocycles. The fourth-order valence-electron chi connectivity index (χ4n) is 3.27. The Morgan fingerprint density at radius 3 is 2.76 bits per heavy atom. The Bertz CT molecular complexity index is 769. The Labute approximate surface area is 144 Å². The molecule has 2 amide bonds. The van der Waals surface area contributed by atoms with E-state index in [0.29, 0.717) is 50.2 Å². The zero-order valence-electron chi connectivity index (χ0n) is 14.1. The van der Waals surface area contributed by atoms with Crippen LogP contribution in [-0.4, -0.2) is 57.9 Å². The van der Waals surface area contributed by atoms with Gasteiger partial charge >= 0.3 is 11.8 Å². The summed E-state index contributed by atoms with van der Waals surface area (Å²) in [6, 6.07) is 3.83. The molecule has 2 aromatic rings. The average Bonchev–Trinajstić information content (AvgIpc) is 3.03. The zero-order chi connectivity index (χ0) is 17.4. The second-order valence-corrected chi connectivity index (χ2v) is 6.44. The van der Waals surface area contributed by atoms with E-state index in [2.05, 4.69) is 10.1 Å². The van der Waals surface area contributed by atoms with Crippen LogP contribution in [-0.2, 0) is 16.0 Å². The Morgan fingerprint density at radius 1 is 1.20 bits per heavy atom. The molecule has 132 valence electrons. The average molecular weight is 344 g/mol. The number of amides is 2. The van der Waals surface area contributed by atoms with Crippen molar-refractivity contribution in [3.63, 3.8) is 0 Å². The lowest BCUT2D eigenvalue weighted by Crippen LogP contribution is -2.54. The van der Waals surface area contributed by atoms with E-state index >= 15 is 0 Å². The third kappa shape index (κ3) is 3.04. The summed E-state index contributed by atoms with van der Waals surface area (Å²) in [7, 11) is 0. The first-order chi connectivity index (χ1) is 12.2. The summed E-state index contributed by atoms with van der Waals surface area (Å²) in [5, 5.41) is 4.00. The molecule has 0 aromatic carbocycles. The van der Waals surface area contributed by atoms with Gasteiger partial charge in [0.1, 0.15) is 5.76 Å². The molecule has 2 fully saturated rings. The van der Waals surface area contributed by atoms with Crippen molar-refractivity contribution in [1.29, 1.82) is 0 Å². The van der Waals surface area contributed by atoms with Crippen LogP contribution in [0.25, 0.3) is 0 Å². The lowest BCUT2D eigenvalue weighted by Gasteiger charge is -2.32. The number of furan rings is 1. The van der Waals surface area contributed by atoms with Crippen LogP contribution in [0.15, 0.2) is 27.3 Å². The normalized spacial score (nSPS) is 23.4. The molecule has 1 aliphatic carbocycles. The van der Waals surface area contributed by atoms with Crippen LogP contribution in [0.2, 0.25) is 0 Å². The molecule has 2 aromatic heterocycles. The Morgan fingerprint density at radius 2 is 2.00 bits per heavy atom. The summed E-state index contributed by atoms with van der Waals surface area (Å²) >= 11 is 0. The van der Waals surface area contributed by atoms with Crippen molar-refractivity contribution in [2.45, 2.75) is 31.6 Å². The molecule has 8 nitrogen and oxygen atoms in total. The summed E-state index contributed by atoms with van der Waals surface area (Å²) in [5.74, 6) is 1.78. The standard InChI is InChI=1S/C17H20N4O4/c1-2-20-7-8-21(17(23)16(20)22)6-5-14-18-15(25-19-14)12-10-11(12)13-4-3-9-24-13/h3-4,9,11-12H,2,5-8,10H2,1H3/t11-,12+/m1/s1. The maximum atomic E-state index is 12.1. The van der Waals surface area contributed by atoms with Crippen LogP contribution in [0.4, 0.5) is 0 Å². The van der Waals surface area contributed by atoms with Crippen molar-refractivity contribution in [2.75, 3.05) is 26.2 Å².